The minimum Gasteiger partial charge on any atom is -0.465 e. The lowest BCUT2D eigenvalue weighted by Crippen LogP contribution is -2.18. The second-order valence-electron chi connectivity index (χ2n) is 6.77. The minimum absolute atomic E-state index is 0.311. The van der Waals surface area contributed by atoms with Crippen molar-refractivity contribution < 1.29 is 14.3 Å². The summed E-state index contributed by atoms with van der Waals surface area (Å²) in [7, 11) is 1.33. The van der Waals surface area contributed by atoms with E-state index in [1.54, 1.807) is 30.3 Å². The molecule has 0 fully saturated rings. The number of nitrogens with one attached hydrogen (secondary N) is 1. The van der Waals surface area contributed by atoms with Crippen molar-refractivity contribution in [1.29, 1.82) is 0 Å². The Balaban J connectivity index is 1.77. The van der Waals surface area contributed by atoms with Crippen LogP contribution < -0.4 is 5.43 Å². The molecule has 1 aromatic heterocycles. The summed E-state index contributed by atoms with van der Waals surface area (Å²) in [5.41, 5.74) is 8.39. The van der Waals surface area contributed by atoms with Crippen LogP contribution >= 0.6 is 0 Å². The molecular weight excluding hydrogens is 366 g/mol. The van der Waals surface area contributed by atoms with E-state index < -0.39 is 5.97 Å². The molecule has 0 unspecified atom stereocenters. The first-order chi connectivity index (χ1) is 13.9. The largest absolute Gasteiger partial charge is 0.465 e. The molecule has 1 heterocycles. The van der Waals surface area contributed by atoms with Gasteiger partial charge in [0.15, 0.2) is 0 Å². The normalized spacial score (nSPS) is 10.9. The molecule has 0 bridgehead atoms. The van der Waals surface area contributed by atoms with Crippen molar-refractivity contribution in [1.82, 2.24) is 9.99 Å². The van der Waals surface area contributed by atoms with E-state index in [4.69, 9.17) is 4.74 Å². The van der Waals surface area contributed by atoms with E-state index in [9.17, 15) is 9.59 Å². The van der Waals surface area contributed by atoms with Gasteiger partial charge in [0.2, 0.25) is 0 Å². The lowest BCUT2D eigenvalue weighted by molar-refractivity contribution is 0.0600. The zero-order chi connectivity index (χ0) is 21.0. The molecule has 148 valence electrons. The Bertz CT molecular complexity index is 1080. The molecule has 29 heavy (non-hydrogen) atoms. The summed E-state index contributed by atoms with van der Waals surface area (Å²) in [5.74, 6) is -0.735. The second kappa shape index (κ2) is 8.56. The standard InChI is InChI=1S/C23H23N3O3/c1-15-8-11-19(13-21(15)26-16(2)9-10-17(26)3)22(27)25-24-14-18-6-5-7-20(12-18)23(28)29-4/h5-14H,1-4H3,(H,25,27)/b24-14+. The summed E-state index contributed by atoms with van der Waals surface area (Å²) < 4.78 is 6.82. The maximum Gasteiger partial charge on any atom is 0.337 e. The molecule has 1 amide bonds. The second-order valence-corrected chi connectivity index (χ2v) is 6.77. The van der Waals surface area contributed by atoms with E-state index in [1.807, 2.05) is 45.0 Å². The molecule has 6 heteroatoms. The first-order valence-corrected chi connectivity index (χ1v) is 9.18. The smallest absolute Gasteiger partial charge is 0.337 e. The first kappa shape index (κ1) is 20.1. The van der Waals surface area contributed by atoms with Crippen LogP contribution in [0.1, 0.15) is 43.2 Å². The van der Waals surface area contributed by atoms with Crippen LogP contribution in [0.2, 0.25) is 0 Å². The molecule has 0 spiro atoms. The van der Waals surface area contributed by atoms with Crippen LogP contribution in [0, 0.1) is 20.8 Å². The molecule has 0 atom stereocenters. The average molecular weight is 389 g/mol. The van der Waals surface area contributed by atoms with Crippen molar-refractivity contribution in [3.63, 3.8) is 0 Å². The van der Waals surface area contributed by atoms with Gasteiger partial charge in [0.25, 0.3) is 5.91 Å². The fourth-order valence-corrected chi connectivity index (χ4v) is 3.13. The number of hydrogen-bond donors (Lipinski definition) is 1. The van der Waals surface area contributed by atoms with Gasteiger partial charge in [0.05, 0.1) is 18.9 Å². The van der Waals surface area contributed by atoms with Crippen molar-refractivity contribution in [2.24, 2.45) is 5.10 Å². The first-order valence-electron chi connectivity index (χ1n) is 9.18. The van der Waals surface area contributed by atoms with Crippen LogP contribution in [-0.2, 0) is 4.74 Å². The Morgan fingerprint density at radius 1 is 0.966 bits per heavy atom. The summed E-state index contributed by atoms with van der Waals surface area (Å²) in [5, 5.41) is 4.01. The van der Waals surface area contributed by atoms with Gasteiger partial charge in [-0.15, -0.1) is 0 Å². The quantitative estimate of drug-likeness (QED) is 0.408. The number of benzene rings is 2. The number of carbonyl (C=O) groups is 2. The molecule has 6 nitrogen and oxygen atoms in total. The fourth-order valence-electron chi connectivity index (χ4n) is 3.13. The van der Waals surface area contributed by atoms with Gasteiger partial charge in [-0.1, -0.05) is 18.2 Å². The van der Waals surface area contributed by atoms with Crippen LogP contribution in [0.25, 0.3) is 5.69 Å². The third-order valence-corrected chi connectivity index (χ3v) is 4.67. The predicted octanol–water partition coefficient (Wildman–Crippen LogP) is 3.95. The number of rotatable bonds is 5. The van der Waals surface area contributed by atoms with Crippen molar-refractivity contribution in [2.75, 3.05) is 7.11 Å². The maximum absolute atomic E-state index is 12.6. The van der Waals surface area contributed by atoms with Crippen molar-refractivity contribution in [2.45, 2.75) is 20.8 Å². The van der Waals surface area contributed by atoms with Gasteiger partial charge in [-0.2, -0.15) is 5.10 Å². The van der Waals surface area contributed by atoms with E-state index in [1.165, 1.54) is 13.3 Å². The number of aromatic nitrogens is 1. The van der Waals surface area contributed by atoms with Gasteiger partial charge in [0.1, 0.15) is 0 Å². The highest BCUT2D eigenvalue weighted by Crippen LogP contribution is 2.21. The van der Waals surface area contributed by atoms with Crippen LogP contribution in [0.5, 0.6) is 0 Å². The van der Waals surface area contributed by atoms with E-state index >= 15 is 0 Å². The number of nitrogens with zero attached hydrogens (tertiary/aromatic N) is 2. The molecule has 3 rings (SSSR count). The molecule has 0 saturated heterocycles. The van der Waals surface area contributed by atoms with Gasteiger partial charge in [-0.3, -0.25) is 4.79 Å². The molecule has 0 radical (unpaired) electrons. The lowest BCUT2D eigenvalue weighted by Gasteiger charge is -2.14. The third-order valence-electron chi connectivity index (χ3n) is 4.67. The highest BCUT2D eigenvalue weighted by molar-refractivity contribution is 5.96. The summed E-state index contributed by atoms with van der Waals surface area (Å²) in [6.45, 7) is 6.08. The van der Waals surface area contributed by atoms with E-state index in [2.05, 4.69) is 15.1 Å². The van der Waals surface area contributed by atoms with Crippen LogP contribution in [0.3, 0.4) is 0 Å². The molecule has 0 aliphatic carbocycles. The van der Waals surface area contributed by atoms with Crippen molar-refractivity contribution in [3.05, 3.63) is 88.2 Å². The summed E-state index contributed by atoms with van der Waals surface area (Å²) in [6, 6.07) is 16.5. The Labute approximate surface area is 169 Å². The number of methoxy groups -OCH3 is 1. The fraction of sp³-hybridized carbons (Fsp3) is 0.174. The van der Waals surface area contributed by atoms with E-state index in [-0.39, 0.29) is 5.91 Å². The monoisotopic (exact) mass is 389 g/mol. The lowest BCUT2D eigenvalue weighted by atomic mass is 10.1. The Hall–Kier alpha value is -3.67. The number of esters is 1. The van der Waals surface area contributed by atoms with Gasteiger partial charge in [0, 0.05) is 22.6 Å². The topological polar surface area (TPSA) is 72.7 Å². The Kier molecular flexibility index (Phi) is 5.93. The summed E-state index contributed by atoms with van der Waals surface area (Å²) in [4.78, 5) is 24.2. The highest BCUT2D eigenvalue weighted by Gasteiger charge is 2.11. The number of amides is 1. The van der Waals surface area contributed by atoms with Gasteiger partial charge in [-0.25, -0.2) is 10.2 Å². The molecule has 0 aliphatic rings. The molecule has 2 aromatic carbocycles. The van der Waals surface area contributed by atoms with E-state index in [0.717, 1.165) is 22.6 Å². The molecule has 0 saturated carbocycles. The highest BCUT2D eigenvalue weighted by atomic mass is 16.5. The Morgan fingerprint density at radius 3 is 2.38 bits per heavy atom. The van der Waals surface area contributed by atoms with Gasteiger partial charge < -0.3 is 9.30 Å². The third kappa shape index (κ3) is 4.43. The van der Waals surface area contributed by atoms with Gasteiger partial charge in [-0.05, 0) is 68.3 Å². The molecular formula is C23H23N3O3. The number of hydrogen-bond acceptors (Lipinski definition) is 4. The van der Waals surface area contributed by atoms with Gasteiger partial charge >= 0.3 is 5.97 Å². The number of carbonyl (C=O) groups excluding carboxylic acids is 2. The Morgan fingerprint density at radius 2 is 1.69 bits per heavy atom. The summed E-state index contributed by atoms with van der Waals surface area (Å²) in [6.07, 6.45) is 1.49. The van der Waals surface area contributed by atoms with E-state index in [0.29, 0.717) is 16.7 Å². The molecule has 0 aliphatic heterocycles. The van der Waals surface area contributed by atoms with Crippen LogP contribution in [-0.4, -0.2) is 29.8 Å². The zero-order valence-corrected chi connectivity index (χ0v) is 16.9. The van der Waals surface area contributed by atoms with Crippen LogP contribution in [0.15, 0.2) is 59.7 Å². The minimum atomic E-state index is -0.424. The number of hydrazone groups is 1. The molecule has 3 aromatic rings. The van der Waals surface area contributed by atoms with Crippen molar-refractivity contribution >= 4 is 18.1 Å². The SMILES string of the molecule is COC(=O)c1cccc(/C=N/NC(=O)c2ccc(C)c(-n3c(C)ccc3C)c2)c1. The zero-order valence-electron chi connectivity index (χ0n) is 16.9. The predicted molar refractivity (Wildman–Crippen MR) is 113 cm³/mol. The number of aryl methyl sites for hydroxylation is 3. The average Bonchev–Trinajstić information content (AvgIpc) is 3.06. The maximum atomic E-state index is 12.6. The van der Waals surface area contributed by atoms with Crippen LogP contribution in [0.4, 0.5) is 0 Å². The number of ether oxygens (including phenoxy) is 1. The van der Waals surface area contributed by atoms with Crippen molar-refractivity contribution in [3.8, 4) is 5.69 Å². The molecule has 1 N–H and O–H groups in total. The summed E-state index contributed by atoms with van der Waals surface area (Å²) >= 11 is 0.